The molecular formula is C14H15ClN2O. The SMILES string of the molecule is Cc1nc(Cl)cc(Oc2ccc(C(C)C)cc2)n1. The summed E-state index contributed by atoms with van der Waals surface area (Å²) in [6.07, 6.45) is 0. The number of hydrogen-bond acceptors (Lipinski definition) is 3. The van der Waals surface area contributed by atoms with Gasteiger partial charge in [0.1, 0.15) is 16.7 Å². The summed E-state index contributed by atoms with van der Waals surface area (Å²) in [5, 5.41) is 0.385. The van der Waals surface area contributed by atoms with Crippen LogP contribution in [0.5, 0.6) is 11.6 Å². The standard InChI is InChI=1S/C14H15ClN2O/c1-9(2)11-4-6-12(7-5-11)18-14-8-13(15)16-10(3)17-14/h4-9H,1-3H3. The Bertz CT molecular complexity index is 518. The van der Waals surface area contributed by atoms with Gasteiger partial charge in [-0.05, 0) is 30.5 Å². The first-order valence-corrected chi connectivity index (χ1v) is 6.21. The lowest BCUT2D eigenvalue weighted by atomic mass is 10.0. The molecule has 0 spiro atoms. The third kappa shape index (κ3) is 3.20. The highest BCUT2D eigenvalue weighted by atomic mass is 35.5. The topological polar surface area (TPSA) is 35.0 Å². The van der Waals surface area contributed by atoms with Gasteiger partial charge in [0.25, 0.3) is 0 Å². The Morgan fingerprint density at radius 3 is 2.33 bits per heavy atom. The van der Waals surface area contributed by atoms with Gasteiger partial charge in [0.15, 0.2) is 0 Å². The second kappa shape index (κ2) is 5.36. The van der Waals surface area contributed by atoms with Gasteiger partial charge in [-0.2, -0.15) is 4.98 Å². The van der Waals surface area contributed by atoms with E-state index < -0.39 is 0 Å². The first-order chi connectivity index (χ1) is 8.54. The second-order valence-electron chi connectivity index (χ2n) is 4.40. The van der Waals surface area contributed by atoms with E-state index in [9.17, 15) is 0 Å². The molecule has 1 aromatic carbocycles. The van der Waals surface area contributed by atoms with Crippen LogP contribution in [0.25, 0.3) is 0 Å². The van der Waals surface area contributed by atoms with E-state index in [1.54, 1.807) is 13.0 Å². The average molecular weight is 263 g/mol. The normalized spacial score (nSPS) is 10.7. The Morgan fingerprint density at radius 2 is 1.78 bits per heavy atom. The van der Waals surface area contributed by atoms with E-state index in [4.69, 9.17) is 16.3 Å². The van der Waals surface area contributed by atoms with Crippen LogP contribution in [0, 0.1) is 6.92 Å². The highest BCUT2D eigenvalue weighted by molar-refractivity contribution is 6.29. The average Bonchev–Trinajstić information content (AvgIpc) is 2.28. The third-order valence-electron chi connectivity index (χ3n) is 2.55. The summed E-state index contributed by atoms with van der Waals surface area (Å²) in [5.74, 6) is 2.31. The van der Waals surface area contributed by atoms with E-state index in [0.29, 0.717) is 22.8 Å². The number of rotatable bonds is 3. The van der Waals surface area contributed by atoms with Crippen LogP contribution in [0.3, 0.4) is 0 Å². The van der Waals surface area contributed by atoms with Crippen molar-refractivity contribution in [3.63, 3.8) is 0 Å². The molecule has 0 bridgehead atoms. The molecule has 0 radical (unpaired) electrons. The molecule has 0 fully saturated rings. The Balaban J connectivity index is 2.18. The van der Waals surface area contributed by atoms with Crippen LogP contribution >= 0.6 is 11.6 Å². The number of ether oxygens (including phenoxy) is 1. The fraction of sp³-hybridized carbons (Fsp3) is 0.286. The molecule has 0 atom stereocenters. The van der Waals surface area contributed by atoms with Crippen LogP contribution in [0.15, 0.2) is 30.3 Å². The van der Waals surface area contributed by atoms with Crippen LogP contribution in [0.1, 0.15) is 31.2 Å². The Hall–Kier alpha value is -1.61. The van der Waals surface area contributed by atoms with Crippen LogP contribution in [0.2, 0.25) is 5.15 Å². The summed E-state index contributed by atoms with van der Waals surface area (Å²) in [5.41, 5.74) is 1.28. The Morgan fingerprint density at radius 1 is 1.11 bits per heavy atom. The van der Waals surface area contributed by atoms with Crippen molar-refractivity contribution in [2.75, 3.05) is 0 Å². The van der Waals surface area contributed by atoms with Crippen LogP contribution < -0.4 is 4.74 Å². The van der Waals surface area contributed by atoms with E-state index in [-0.39, 0.29) is 0 Å². The lowest BCUT2D eigenvalue weighted by molar-refractivity contribution is 0.459. The summed E-state index contributed by atoms with van der Waals surface area (Å²) in [4.78, 5) is 8.16. The highest BCUT2D eigenvalue weighted by Gasteiger charge is 2.04. The van der Waals surface area contributed by atoms with Crippen molar-refractivity contribution < 1.29 is 4.74 Å². The summed E-state index contributed by atoms with van der Waals surface area (Å²) in [6, 6.07) is 9.57. The molecule has 4 heteroatoms. The minimum absolute atomic E-state index is 0.385. The maximum absolute atomic E-state index is 5.85. The molecule has 2 aromatic rings. The molecule has 0 N–H and O–H groups in total. The van der Waals surface area contributed by atoms with Crippen molar-refractivity contribution >= 4 is 11.6 Å². The first-order valence-electron chi connectivity index (χ1n) is 5.83. The van der Waals surface area contributed by atoms with E-state index >= 15 is 0 Å². The molecule has 1 heterocycles. The van der Waals surface area contributed by atoms with Crippen molar-refractivity contribution in [2.45, 2.75) is 26.7 Å². The number of aryl methyl sites for hydroxylation is 1. The quantitative estimate of drug-likeness (QED) is 0.771. The van der Waals surface area contributed by atoms with Gasteiger partial charge in [-0.3, -0.25) is 0 Å². The first kappa shape index (κ1) is 12.8. The molecule has 3 nitrogen and oxygen atoms in total. The van der Waals surface area contributed by atoms with Crippen LogP contribution in [-0.4, -0.2) is 9.97 Å². The van der Waals surface area contributed by atoms with Gasteiger partial charge in [-0.15, -0.1) is 0 Å². The second-order valence-corrected chi connectivity index (χ2v) is 4.79. The van der Waals surface area contributed by atoms with E-state index in [1.165, 1.54) is 5.56 Å². The lowest BCUT2D eigenvalue weighted by Crippen LogP contribution is -1.93. The van der Waals surface area contributed by atoms with Gasteiger partial charge in [0, 0.05) is 6.07 Å². The summed E-state index contributed by atoms with van der Waals surface area (Å²) in [7, 11) is 0. The molecule has 0 aliphatic heterocycles. The molecule has 2 rings (SSSR count). The molecule has 0 amide bonds. The highest BCUT2D eigenvalue weighted by Crippen LogP contribution is 2.23. The molecule has 0 saturated carbocycles. The molecular weight excluding hydrogens is 248 g/mol. The Labute approximate surface area is 112 Å². The smallest absolute Gasteiger partial charge is 0.224 e. The van der Waals surface area contributed by atoms with Gasteiger partial charge in [0.05, 0.1) is 0 Å². The van der Waals surface area contributed by atoms with Crippen LogP contribution in [-0.2, 0) is 0 Å². The molecule has 18 heavy (non-hydrogen) atoms. The third-order valence-corrected chi connectivity index (χ3v) is 2.75. The molecule has 1 aromatic heterocycles. The molecule has 94 valence electrons. The van der Waals surface area contributed by atoms with E-state index in [1.807, 2.05) is 12.1 Å². The largest absolute Gasteiger partial charge is 0.439 e. The van der Waals surface area contributed by atoms with E-state index in [0.717, 1.165) is 5.75 Å². The van der Waals surface area contributed by atoms with Crippen molar-refractivity contribution in [2.24, 2.45) is 0 Å². The van der Waals surface area contributed by atoms with Crippen molar-refractivity contribution in [3.8, 4) is 11.6 Å². The van der Waals surface area contributed by atoms with E-state index in [2.05, 4.69) is 35.9 Å². The Kier molecular flexibility index (Phi) is 3.82. The minimum Gasteiger partial charge on any atom is -0.439 e. The van der Waals surface area contributed by atoms with Gasteiger partial charge >= 0.3 is 0 Å². The lowest BCUT2D eigenvalue weighted by Gasteiger charge is -2.08. The maximum atomic E-state index is 5.85. The summed E-state index contributed by atoms with van der Waals surface area (Å²) >= 11 is 5.85. The molecule has 0 aliphatic carbocycles. The monoisotopic (exact) mass is 262 g/mol. The molecule has 0 unspecified atom stereocenters. The zero-order chi connectivity index (χ0) is 13.1. The number of hydrogen-bond donors (Lipinski definition) is 0. The van der Waals surface area contributed by atoms with Gasteiger partial charge in [0.2, 0.25) is 5.88 Å². The van der Waals surface area contributed by atoms with Gasteiger partial charge in [-0.1, -0.05) is 37.6 Å². The number of nitrogens with zero attached hydrogens (tertiary/aromatic N) is 2. The fourth-order valence-electron chi connectivity index (χ4n) is 1.60. The number of halogens is 1. The zero-order valence-electron chi connectivity index (χ0n) is 10.6. The number of benzene rings is 1. The summed E-state index contributed by atoms with van der Waals surface area (Å²) < 4.78 is 5.64. The van der Waals surface area contributed by atoms with Crippen molar-refractivity contribution in [3.05, 3.63) is 46.9 Å². The van der Waals surface area contributed by atoms with Crippen molar-refractivity contribution in [1.82, 2.24) is 9.97 Å². The van der Waals surface area contributed by atoms with Gasteiger partial charge < -0.3 is 4.74 Å². The zero-order valence-corrected chi connectivity index (χ0v) is 11.4. The maximum Gasteiger partial charge on any atom is 0.224 e. The summed E-state index contributed by atoms with van der Waals surface area (Å²) in [6.45, 7) is 6.09. The predicted octanol–water partition coefficient (Wildman–Crippen LogP) is 4.35. The minimum atomic E-state index is 0.385. The molecule has 0 saturated heterocycles. The van der Waals surface area contributed by atoms with Crippen LogP contribution in [0.4, 0.5) is 0 Å². The molecule has 0 aliphatic rings. The van der Waals surface area contributed by atoms with Gasteiger partial charge in [-0.25, -0.2) is 4.98 Å². The fourth-order valence-corrected chi connectivity index (χ4v) is 1.81. The van der Waals surface area contributed by atoms with Crippen molar-refractivity contribution in [1.29, 1.82) is 0 Å². The predicted molar refractivity (Wildman–Crippen MR) is 72.4 cm³/mol. The number of aromatic nitrogens is 2.